The number of nitro groups is 1. The number of aryl methyl sites for hydroxylation is 1. The minimum absolute atomic E-state index is 0.0752. The lowest BCUT2D eigenvalue weighted by molar-refractivity contribution is -0.384. The Bertz CT molecular complexity index is 1100. The Morgan fingerprint density at radius 3 is 2.03 bits per heavy atom. The second-order valence-corrected chi connectivity index (χ2v) is 8.88. The van der Waals surface area contributed by atoms with Gasteiger partial charge in [0.1, 0.15) is 0 Å². The molecule has 1 heterocycles. The maximum absolute atomic E-state index is 13.2. The minimum atomic E-state index is -3.75. The van der Waals surface area contributed by atoms with E-state index in [-0.39, 0.29) is 22.7 Å². The number of hydrogen-bond acceptors (Lipinski definition) is 4. The maximum atomic E-state index is 13.2. The van der Waals surface area contributed by atoms with Gasteiger partial charge in [-0.2, -0.15) is 4.31 Å². The molecule has 0 amide bonds. The first-order chi connectivity index (χ1) is 14.0. The first kappa shape index (κ1) is 19.3. The number of rotatable bonds is 7. The smallest absolute Gasteiger partial charge is 0.258 e. The largest absolute Gasteiger partial charge is 0.269 e. The highest BCUT2D eigenvalue weighted by molar-refractivity contribution is 7.89. The zero-order valence-corrected chi connectivity index (χ0v) is 16.4. The van der Waals surface area contributed by atoms with E-state index in [1.165, 1.54) is 34.1 Å². The van der Waals surface area contributed by atoms with Crippen molar-refractivity contribution >= 4 is 15.7 Å². The van der Waals surface area contributed by atoms with Crippen LogP contribution in [0, 0.1) is 10.1 Å². The molecule has 7 heteroatoms. The third-order valence-electron chi connectivity index (χ3n) is 5.21. The van der Waals surface area contributed by atoms with Crippen LogP contribution in [0.4, 0.5) is 5.69 Å². The highest BCUT2D eigenvalue weighted by atomic mass is 32.2. The summed E-state index contributed by atoms with van der Waals surface area (Å²) in [6.07, 6.45) is 1.48. The molecule has 0 spiro atoms. The molecule has 1 aliphatic rings. The molecule has 3 unspecified atom stereocenters. The Kier molecular flexibility index (Phi) is 5.17. The van der Waals surface area contributed by atoms with Crippen molar-refractivity contribution in [2.75, 3.05) is 0 Å². The fourth-order valence-corrected chi connectivity index (χ4v) is 5.52. The molecule has 4 rings (SSSR count). The average molecular weight is 408 g/mol. The van der Waals surface area contributed by atoms with Crippen LogP contribution in [0.25, 0.3) is 0 Å². The van der Waals surface area contributed by atoms with Crippen molar-refractivity contribution in [1.82, 2.24) is 4.31 Å². The Labute approximate surface area is 169 Å². The lowest BCUT2D eigenvalue weighted by atomic mass is 10.0. The second-order valence-electron chi connectivity index (χ2n) is 7.03. The molecule has 0 saturated carbocycles. The lowest BCUT2D eigenvalue weighted by Gasteiger charge is -2.07. The van der Waals surface area contributed by atoms with Gasteiger partial charge in [-0.05, 0) is 36.1 Å². The SMILES string of the molecule is O=[N+]([O-])c1ccc(S(=O)(=O)N2C(CCc3ccccc3)C2c2ccccc2)cc1. The van der Waals surface area contributed by atoms with Gasteiger partial charge >= 0.3 is 0 Å². The van der Waals surface area contributed by atoms with E-state index in [1.54, 1.807) is 0 Å². The van der Waals surface area contributed by atoms with Gasteiger partial charge in [0.25, 0.3) is 5.69 Å². The van der Waals surface area contributed by atoms with Crippen molar-refractivity contribution in [3.05, 3.63) is 106 Å². The zero-order valence-electron chi connectivity index (χ0n) is 15.6. The number of hydrogen-bond donors (Lipinski definition) is 0. The number of sulfonamides is 1. The van der Waals surface area contributed by atoms with E-state index in [4.69, 9.17) is 0 Å². The predicted octanol–water partition coefficient (Wildman–Crippen LogP) is 4.34. The van der Waals surface area contributed by atoms with E-state index in [0.717, 1.165) is 12.0 Å². The van der Waals surface area contributed by atoms with Crippen LogP contribution in [0.5, 0.6) is 0 Å². The van der Waals surface area contributed by atoms with Gasteiger partial charge in [-0.1, -0.05) is 60.7 Å². The van der Waals surface area contributed by atoms with Crippen LogP contribution in [-0.2, 0) is 16.4 Å². The lowest BCUT2D eigenvalue weighted by Crippen LogP contribution is -2.15. The Morgan fingerprint density at radius 1 is 0.862 bits per heavy atom. The van der Waals surface area contributed by atoms with Crippen LogP contribution < -0.4 is 0 Å². The summed E-state index contributed by atoms with van der Waals surface area (Å²) in [7, 11) is -3.75. The minimum Gasteiger partial charge on any atom is -0.258 e. The fourth-order valence-electron chi connectivity index (χ4n) is 3.71. The summed E-state index contributed by atoms with van der Waals surface area (Å²) < 4.78 is 28.0. The zero-order chi connectivity index (χ0) is 20.4. The van der Waals surface area contributed by atoms with Crippen LogP contribution in [-0.4, -0.2) is 23.7 Å². The summed E-state index contributed by atoms with van der Waals surface area (Å²) in [5, 5.41) is 10.9. The maximum Gasteiger partial charge on any atom is 0.269 e. The van der Waals surface area contributed by atoms with Crippen LogP contribution in [0.3, 0.4) is 0 Å². The Hall–Kier alpha value is -3.03. The van der Waals surface area contributed by atoms with Gasteiger partial charge in [-0.15, -0.1) is 0 Å². The van der Waals surface area contributed by atoms with Crippen molar-refractivity contribution in [2.24, 2.45) is 0 Å². The van der Waals surface area contributed by atoms with Crippen molar-refractivity contribution in [3.8, 4) is 0 Å². The monoisotopic (exact) mass is 408 g/mol. The molecule has 3 atom stereocenters. The van der Waals surface area contributed by atoms with Crippen molar-refractivity contribution < 1.29 is 13.3 Å². The molecule has 0 aliphatic carbocycles. The fraction of sp³-hybridized carbons (Fsp3) is 0.182. The van der Waals surface area contributed by atoms with Gasteiger partial charge in [0.2, 0.25) is 10.0 Å². The molecule has 0 radical (unpaired) electrons. The third-order valence-corrected chi connectivity index (χ3v) is 7.13. The molecule has 6 nitrogen and oxygen atoms in total. The first-order valence-electron chi connectivity index (χ1n) is 9.35. The standard InChI is InChI=1S/C22H20N2O4S/c25-24(26)19-12-14-20(15-13-19)29(27,28)23-21(16-11-17-7-3-1-4-8-17)22(23)18-9-5-2-6-10-18/h1-10,12-15,21-22H,11,16H2. The Morgan fingerprint density at radius 2 is 1.45 bits per heavy atom. The predicted molar refractivity (Wildman–Crippen MR) is 110 cm³/mol. The normalized spacial score (nSPS) is 20.9. The van der Waals surface area contributed by atoms with Gasteiger partial charge in [-0.25, -0.2) is 8.42 Å². The molecule has 1 saturated heterocycles. The molecule has 1 aliphatic heterocycles. The number of benzene rings is 3. The van der Waals surface area contributed by atoms with Gasteiger partial charge in [0, 0.05) is 18.2 Å². The summed E-state index contributed by atoms with van der Waals surface area (Å²) >= 11 is 0. The quantitative estimate of drug-likeness (QED) is 0.331. The summed E-state index contributed by atoms with van der Waals surface area (Å²) in [6, 6.07) is 24.3. The summed E-state index contributed by atoms with van der Waals surface area (Å²) in [4.78, 5) is 10.4. The molecule has 3 aromatic rings. The van der Waals surface area contributed by atoms with Crippen LogP contribution in [0.1, 0.15) is 23.6 Å². The van der Waals surface area contributed by atoms with Crippen molar-refractivity contribution in [3.63, 3.8) is 0 Å². The molecular formula is C22H20N2O4S. The van der Waals surface area contributed by atoms with E-state index in [2.05, 4.69) is 0 Å². The van der Waals surface area contributed by atoms with Crippen molar-refractivity contribution in [1.29, 1.82) is 0 Å². The first-order valence-corrected chi connectivity index (χ1v) is 10.8. The molecule has 148 valence electrons. The Balaban J connectivity index is 1.60. The number of non-ortho nitro benzene ring substituents is 1. The van der Waals surface area contributed by atoms with Gasteiger partial charge in [0.15, 0.2) is 0 Å². The molecule has 0 bridgehead atoms. The van der Waals surface area contributed by atoms with Crippen LogP contribution >= 0.6 is 0 Å². The van der Waals surface area contributed by atoms with Gasteiger partial charge < -0.3 is 0 Å². The van der Waals surface area contributed by atoms with E-state index >= 15 is 0 Å². The molecule has 29 heavy (non-hydrogen) atoms. The van der Waals surface area contributed by atoms with E-state index in [0.29, 0.717) is 6.42 Å². The van der Waals surface area contributed by atoms with Crippen LogP contribution in [0.2, 0.25) is 0 Å². The third kappa shape index (κ3) is 3.92. The average Bonchev–Trinajstić information content (AvgIpc) is 3.49. The summed E-state index contributed by atoms with van der Waals surface area (Å²) in [5.41, 5.74) is 1.99. The summed E-state index contributed by atoms with van der Waals surface area (Å²) in [5.74, 6) is 0. The van der Waals surface area contributed by atoms with E-state index in [9.17, 15) is 18.5 Å². The number of nitro benzene ring substituents is 1. The van der Waals surface area contributed by atoms with Crippen LogP contribution in [0.15, 0.2) is 89.8 Å². The van der Waals surface area contributed by atoms with E-state index < -0.39 is 14.9 Å². The highest BCUT2D eigenvalue weighted by Gasteiger charge is 2.55. The van der Waals surface area contributed by atoms with E-state index in [1.807, 2.05) is 60.7 Å². The molecule has 0 aromatic heterocycles. The number of nitrogens with zero attached hydrogens (tertiary/aromatic N) is 2. The van der Waals surface area contributed by atoms with Crippen molar-refractivity contribution in [2.45, 2.75) is 29.8 Å². The molecule has 0 N–H and O–H groups in total. The van der Waals surface area contributed by atoms with Gasteiger partial charge in [0.05, 0.1) is 15.9 Å². The molecule has 1 fully saturated rings. The summed E-state index contributed by atoms with van der Waals surface area (Å²) in [6.45, 7) is 0. The topological polar surface area (TPSA) is 80.3 Å². The van der Waals surface area contributed by atoms with Gasteiger partial charge in [-0.3, -0.25) is 10.1 Å². The second kappa shape index (κ2) is 7.77. The molecular weight excluding hydrogens is 388 g/mol. The molecule has 3 aromatic carbocycles. The highest BCUT2D eigenvalue weighted by Crippen LogP contribution is 2.49.